The van der Waals surface area contributed by atoms with Crippen molar-refractivity contribution in [3.63, 3.8) is 0 Å². The van der Waals surface area contributed by atoms with Crippen LogP contribution in [0.1, 0.15) is 275 Å². The first kappa shape index (κ1) is 115. The Morgan fingerprint density at radius 3 is 1.22 bits per heavy atom. The highest BCUT2D eigenvalue weighted by Gasteiger charge is 2.45. The normalized spacial score (nSPS) is 13.6. The maximum atomic E-state index is 13.5. The zero-order valence-electron chi connectivity index (χ0n) is 84.3. The number of thiazole rings is 2. The minimum absolute atomic E-state index is 0.0172. The summed E-state index contributed by atoms with van der Waals surface area (Å²) >= 11 is 2.78. The van der Waals surface area contributed by atoms with E-state index in [9.17, 15) is 105 Å². The van der Waals surface area contributed by atoms with Gasteiger partial charge in [-0.15, -0.1) is 20.1 Å². The van der Waals surface area contributed by atoms with E-state index in [1.807, 2.05) is 134 Å². The molecule has 0 saturated heterocycles. The fraction of sp³-hybridized carbons (Fsp3) is 0.410. The number of aryl methyl sites for hydroxylation is 4. The van der Waals surface area contributed by atoms with E-state index in [1.165, 1.54) is 66.1 Å². The van der Waals surface area contributed by atoms with E-state index < -0.39 is 94.6 Å². The lowest BCUT2D eigenvalue weighted by molar-refractivity contribution is -0.286. The Morgan fingerprint density at radius 1 is 0.307 bits per heavy atom. The number of alkyl halides is 24. The van der Waals surface area contributed by atoms with Gasteiger partial charge < -0.3 is 51.0 Å². The van der Waals surface area contributed by atoms with Crippen molar-refractivity contribution in [2.75, 3.05) is 0 Å². The van der Waals surface area contributed by atoms with E-state index in [1.54, 1.807) is 35.4 Å². The van der Waals surface area contributed by atoms with Crippen LogP contribution >= 0.6 is 22.7 Å². The van der Waals surface area contributed by atoms with Crippen LogP contribution in [0.25, 0.3) is 98.2 Å². The van der Waals surface area contributed by atoms with E-state index in [0.717, 1.165) is 145 Å². The van der Waals surface area contributed by atoms with E-state index in [-0.39, 0.29) is 81.1 Å². The molecule has 13 aromatic heterocycles. The van der Waals surface area contributed by atoms with Crippen LogP contribution in [0, 0.1) is 0 Å². The van der Waals surface area contributed by atoms with Crippen LogP contribution in [0.3, 0.4) is 0 Å². The van der Waals surface area contributed by atoms with E-state index in [4.69, 9.17) is 18.3 Å². The molecular formula is C100H100F24N18O6S2. The van der Waals surface area contributed by atoms with E-state index in [2.05, 4.69) is 93.1 Å². The highest BCUT2D eigenvalue weighted by molar-refractivity contribution is 7.18. The number of H-pyrrole nitrogens is 1. The van der Waals surface area contributed by atoms with Gasteiger partial charge in [0.25, 0.3) is 0 Å². The Bertz CT molecular complexity index is 7170. The lowest BCUT2D eigenvalue weighted by Crippen LogP contribution is -2.27. The second-order valence-electron chi connectivity index (χ2n) is 37.4. The van der Waals surface area contributed by atoms with Gasteiger partial charge in [0.1, 0.15) is 61.7 Å². The average molecular weight is 2170 g/mol. The zero-order valence-corrected chi connectivity index (χ0v) is 85.9. The molecule has 24 nitrogen and oxygen atoms in total. The zero-order chi connectivity index (χ0) is 111. The summed E-state index contributed by atoms with van der Waals surface area (Å²) in [7, 11) is 7.20. The highest BCUT2D eigenvalue weighted by atomic mass is 32.1. The largest absolute Gasteiger partial charge is 0.586 e. The maximum absolute atomic E-state index is 13.5. The Hall–Kier alpha value is -13.7. The standard InChI is InChI=1S/C12H13F3N2.C12H12F2N2O2.C12H13FN2O2.2C11H12F3N3.C11H10F3NO.C11H10F3NS.C10H9F3N2O.C10H9F3N2S/c1-7(2)11-16-9-6-8(12(13,14)15)4-5-10(9)17(11)3;1-6(2)11-15-7-4-9-10(5-8(7)16(11)3)18-12(13,14)17-9;1-6(2)11-14-7-4-9-10(5-8(7)15-11)17-12(3,13)16-9;1-6(2)10-16-7-4-9(11(12,13)14)15-5-8(7)17(10)3;1-6(2)9-16-8-4-7(11(12,13)14)5-15-10(8)17(9)3;2*1-6(2)10-15-8-5-7(11(12,13)14)3-4-9(8)16-10;2*1-5(2)8-15-7-3-6(10(11,12)13)4-14-9(7)16-8/h4-7H,1-3H3;4-6H,1-3H3;4-6H,1-3H3,(H,14,15);2*4-6H,1-3H3;2*3-6H,1-2H3;2*3-5H,1-2H3. The molecule has 1 atom stereocenters. The monoisotopic (exact) mass is 2170 g/mol. The van der Waals surface area contributed by atoms with Crippen LogP contribution in [0.4, 0.5) is 105 Å². The molecule has 0 spiro atoms. The van der Waals surface area contributed by atoms with Crippen LogP contribution in [0.5, 0.6) is 23.0 Å². The number of nitrogens with zero attached hydrogens (tertiary/aromatic N) is 17. The number of pyridine rings is 4. The predicted octanol–water partition coefficient (Wildman–Crippen LogP) is 31.7. The Labute approximate surface area is 847 Å². The van der Waals surface area contributed by atoms with Crippen molar-refractivity contribution in [3.8, 4) is 23.0 Å². The fourth-order valence-electron chi connectivity index (χ4n) is 14.7. The fourth-order valence-corrected chi connectivity index (χ4v) is 16.6. The molecule has 150 heavy (non-hydrogen) atoms. The summed E-state index contributed by atoms with van der Waals surface area (Å²) in [5.74, 6) is 7.33. The molecule has 0 fully saturated rings. The summed E-state index contributed by atoms with van der Waals surface area (Å²) in [6.45, 7) is 36.3. The first-order valence-electron chi connectivity index (χ1n) is 46.1. The number of fused-ring (bicyclic) bond motifs is 11. The number of aromatic nitrogens is 18. The van der Waals surface area contributed by atoms with Crippen molar-refractivity contribution in [1.82, 2.24) is 88.0 Å². The van der Waals surface area contributed by atoms with Crippen molar-refractivity contribution in [3.05, 3.63) is 218 Å². The number of nitrogens with one attached hydrogen (secondary N) is 1. The maximum Gasteiger partial charge on any atom is 0.586 e. The van der Waals surface area contributed by atoms with Crippen LogP contribution in [0.15, 0.2) is 137 Å². The summed E-state index contributed by atoms with van der Waals surface area (Å²) in [6.07, 6.45) is -30.4. The Kier molecular flexibility index (Phi) is 33.5. The second-order valence-corrected chi connectivity index (χ2v) is 39.5. The van der Waals surface area contributed by atoms with Crippen LogP contribution in [-0.2, 0) is 71.4 Å². The number of benzene rings is 5. The van der Waals surface area contributed by atoms with Gasteiger partial charge in [-0.05, 0) is 78.9 Å². The number of hydrogen-bond donors (Lipinski definition) is 1. The lowest BCUT2D eigenvalue weighted by Gasteiger charge is -2.10. The van der Waals surface area contributed by atoms with Crippen molar-refractivity contribution >= 4 is 121 Å². The first-order chi connectivity index (χ1) is 69.2. The minimum atomic E-state index is -4.43. The molecule has 806 valence electrons. The van der Waals surface area contributed by atoms with Gasteiger partial charge in [0, 0.05) is 131 Å². The number of ether oxygens (including phenoxy) is 4. The van der Waals surface area contributed by atoms with E-state index in [0.29, 0.717) is 78.4 Å². The molecule has 50 heteroatoms. The number of hydrogen-bond acceptors (Lipinski definition) is 21. The van der Waals surface area contributed by atoms with Crippen molar-refractivity contribution in [2.45, 2.75) is 240 Å². The van der Waals surface area contributed by atoms with Crippen molar-refractivity contribution in [1.29, 1.82) is 0 Å². The van der Waals surface area contributed by atoms with Gasteiger partial charge in [0.05, 0.1) is 104 Å². The smallest absolute Gasteiger partial charge is 0.440 e. The molecule has 1 unspecified atom stereocenters. The van der Waals surface area contributed by atoms with Gasteiger partial charge in [0.15, 0.2) is 46.0 Å². The van der Waals surface area contributed by atoms with Crippen LogP contribution in [-0.4, -0.2) is 100 Å². The SMILES string of the molecule is CC(C)c1nc2cc(C(F)(F)F)ccc2n1C.CC(C)c1nc2cc(C(F)(F)F)ccc2o1.CC(C)c1nc2cc(C(F)(F)F)ccc2s1.CC(C)c1nc2cc(C(F)(F)F)cnc2n1C.CC(C)c1nc2cc(C(F)(F)F)cnc2o1.CC(C)c1nc2cc(C(F)(F)F)cnc2s1.CC(C)c1nc2cc(C(F)(F)F)ncc2n1C.CC(C)c1nc2cc3c(cc2[nH]1)OC(C)(F)O3.CC(C)c1nc2cc3c(cc2n1C)OC(F)(F)O3. The number of imidazole rings is 5. The van der Waals surface area contributed by atoms with Crippen molar-refractivity contribution < 1.29 is 133 Å². The highest BCUT2D eigenvalue weighted by Crippen LogP contribution is 2.47. The molecule has 15 heterocycles. The summed E-state index contributed by atoms with van der Waals surface area (Å²) in [5, 5.41) is 1.68. The summed E-state index contributed by atoms with van der Waals surface area (Å²) < 4.78 is 338. The van der Waals surface area contributed by atoms with Gasteiger partial charge in [-0.1, -0.05) is 136 Å². The lowest BCUT2D eigenvalue weighted by atomic mass is 10.2. The minimum Gasteiger partial charge on any atom is -0.440 e. The van der Waals surface area contributed by atoms with Gasteiger partial charge in [0.2, 0.25) is 5.71 Å². The Morgan fingerprint density at radius 2 is 0.707 bits per heavy atom. The van der Waals surface area contributed by atoms with Gasteiger partial charge >= 0.3 is 55.6 Å². The quantitative estimate of drug-likeness (QED) is 0.132. The molecule has 0 aliphatic carbocycles. The average Bonchev–Trinajstić information content (AvgIpc) is 1.61. The predicted molar refractivity (Wildman–Crippen MR) is 516 cm³/mol. The number of oxazole rings is 2. The Balaban J connectivity index is 0.000000150. The molecule has 2 aliphatic heterocycles. The third-order valence-corrected chi connectivity index (χ3v) is 24.8. The molecule has 2 aliphatic rings. The number of halogens is 24. The third kappa shape index (κ3) is 27.4. The van der Waals surface area contributed by atoms with Crippen LogP contribution in [0.2, 0.25) is 0 Å². The molecule has 5 aromatic carbocycles. The van der Waals surface area contributed by atoms with E-state index >= 15 is 0 Å². The summed E-state index contributed by atoms with van der Waals surface area (Å²) in [4.78, 5) is 56.2. The van der Waals surface area contributed by atoms with Gasteiger partial charge in [-0.3, -0.25) is 0 Å². The molecule has 18 aromatic rings. The molecular weight excluding hydrogens is 2070 g/mol. The van der Waals surface area contributed by atoms with Crippen LogP contribution < -0.4 is 18.9 Å². The molecule has 1 N–H and O–H groups in total. The van der Waals surface area contributed by atoms with Crippen molar-refractivity contribution in [2.24, 2.45) is 28.2 Å². The molecule has 0 radical (unpaired) electrons. The summed E-state index contributed by atoms with van der Waals surface area (Å²) in [6, 6.07) is 19.0. The third-order valence-electron chi connectivity index (χ3n) is 22.2. The number of aromatic amines is 1. The molecule has 0 amide bonds. The molecule has 0 bridgehead atoms. The molecule has 0 saturated carbocycles. The van der Waals surface area contributed by atoms with Gasteiger partial charge in [-0.2, -0.15) is 96.6 Å². The van der Waals surface area contributed by atoms with Gasteiger partial charge in [-0.25, -0.2) is 64.8 Å². The number of rotatable bonds is 9. The topological polar surface area (TPSA) is 266 Å². The first-order valence-corrected chi connectivity index (χ1v) is 47.7. The molecule has 20 rings (SSSR count). The second kappa shape index (κ2) is 43.7. The summed E-state index contributed by atoms with van der Waals surface area (Å²) in [5.41, 5.74) is 2.21.